The van der Waals surface area contributed by atoms with Crippen LogP contribution in [0.1, 0.15) is 28.8 Å². The van der Waals surface area contributed by atoms with Crippen molar-refractivity contribution in [2.45, 2.75) is 24.5 Å². The molecule has 6 heteroatoms. The lowest BCUT2D eigenvalue weighted by molar-refractivity contribution is 0.0125. The molecule has 3 heterocycles. The van der Waals surface area contributed by atoms with Crippen molar-refractivity contribution >= 4 is 11.6 Å². The summed E-state index contributed by atoms with van der Waals surface area (Å²) in [7, 11) is 0. The zero-order valence-electron chi connectivity index (χ0n) is 14.4. The first-order chi connectivity index (χ1) is 12.7. The van der Waals surface area contributed by atoms with Crippen molar-refractivity contribution in [2.75, 3.05) is 25.0 Å². The van der Waals surface area contributed by atoms with E-state index in [4.69, 9.17) is 10.00 Å². The van der Waals surface area contributed by atoms with Crippen molar-refractivity contribution in [1.29, 1.82) is 5.26 Å². The third-order valence-electron chi connectivity index (χ3n) is 5.08. The summed E-state index contributed by atoms with van der Waals surface area (Å²) in [5.41, 5.74) is 1.90. The molecule has 0 radical (unpaired) electrons. The minimum Gasteiger partial charge on any atom is -0.380 e. The second-order valence-corrected chi connectivity index (χ2v) is 6.95. The van der Waals surface area contributed by atoms with E-state index in [2.05, 4.69) is 16.4 Å². The highest BCUT2D eigenvalue weighted by Crippen LogP contribution is 2.36. The Bertz CT molecular complexity index is 848. The fourth-order valence-corrected chi connectivity index (χ4v) is 3.83. The predicted octanol–water partition coefficient (Wildman–Crippen LogP) is 2.44. The number of benzene rings is 1. The molecule has 1 aromatic carbocycles. The highest BCUT2D eigenvalue weighted by atomic mass is 16.5. The molecule has 0 bridgehead atoms. The van der Waals surface area contributed by atoms with Gasteiger partial charge < -0.3 is 15.0 Å². The number of anilines is 1. The highest BCUT2D eigenvalue weighted by molar-refractivity contribution is 5.94. The maximum atomic E-state index is 12.6. The van der Waals surface area contributed by atoms with Crippen LogP contribution in [0.4, 0.5) is 5.69 Å². The lowest BCUT2D eigenvalue weighted by Gasteiger charge is -2.23. The third kappa shape index (κ3) is 3.26. The summed E-state index contributed by atoms with van der Waals surface area (Å²) in [4.78, 5) is 18.5. The van der Waals surface area contributed by atoms with Crippen LogP contribution >= 0.6 is 0 Å². The van der Waals surface area contributed by atoms with Crippen molar-refractivity contribution in [3.8, 4) is 6.07 Å². The molecule has 1 aromatic heterocycles. The first kappa shape index (κ1) is 16.6. The molecule has 2 aliphatic rings. The molecule has 1 N–H and O–H groups in total. The number of amides is 1. The number of ether oxygens (including phenoxy) is 1. The molecule has 2 aromatic rings. The van der Waals surface area contributed by atoms with Gasteiger partial charge in [-0.15, -0.1) is 0 Å². The Balaban J connectivity index is 1.39. The van der Waals surface area contributed by atoms with E-state index >= 15 is 0 Å². The normalized spacial score (nSPS) is 24.6. The average Bonchev–Trinajstić information content (AvgIpc) is 3.28. The van der Waals surface area contributed by atoms with Crippen LogP contribution in [0.25, 0.3) is 0 Å². The van der Waals surface area contributed by atoms with Gasteiger partial charge in [-0.3, -0.25) is 9.78 Å². The zero-order chi connectivity index (χ0) is 18.0. The van der Waals surface area contributed by atoms with Gasteiger partial charge in [0.2, 0.25) is 0 Å². The second kappa shape index (κ2) is 6.77. The van der Waals surface area contributed by atoms with Crippen LogP contribution in [0, 0.1) is 11.3 Å². The van der Waals surface area contributed by atoms with Crippen molar-refractivity contribution in [3.05, 3.63) is 59.9 Å². The van der Waals surface area contributed by atoms with Gasteiger partial charge in [0, 0.05) is 31.0 Å². The van der Waals surface area contributed by atoms with Crippen LogP contribution in [0.3, 0.4) is 0 Å². The summed E-state index contributed by atoms with van der Waals surface area (Å²) in [6.07, 6.45) is 4.96. The smallest absolute Gasteiger partial charge is 0.255 e. The van der Waals surface area contributed by atoms with Crippen molar-refractivity contribution in [3.63, 3.8) is 0 Å². The number of nitriles is 1. The fourth-order valence-electron chi connectivity index (χ4n) is 3.83. The molecule has 0 aliphatic carbocycles. The Morgan fingerprint density at radius 2 is 2.31 bits per heavy atom. The second-order valence-electron chi connectivity index (χ2n) is 6.95. The summed E-state index contributed by atoms with van der Waals surface area (Å²) in [6, 6.07) is 13.4. The minimum absolute atomic E-state index is 0.0108. The van der Waals surface area contributed by atoms with Crippen LogP contribution < -0.4 is 5.32 Å². The zero-order valence-corrected chi connectivity index (χ0v) is 14.4. The Hall–Kier alpha value is -2.91. The molecule has 26 heavy (non-hydrogen) atoms. The number of nitrogens with one attached hydrogen (secondary N) is 1. The molecule has 6 nitrogen and oxygen atoms in total. The maximum absolute atomic E-state index is 12.6. The molecular weight excluding hydrogens is 328 g/mol. The molecule has 2 aliphatic heterocycles. The molecule has 2 atom stereocenters. The topological polar surface area (TPSA) is 78.2 Å². The molecule has 1 amide bonds. The average molecular weight is 348 g/mol. The number of nitrogens with zero attached hydrogens (tertiary/aromatic N) is 3. The Morgan fingerprint density at radius 1 is 1.38 bits per heavy atom. The van der Waals surface area contributed by atoms with Crippen molar-refractivity contribution < 1.29 is 9.53 Å². The first-order valence-corrected chi connectivity index (χ1v) is 8.77. The van der Waals surface area contributed by atoms with E-state index < -0.39 is 0 Å². The monoisotopic (exact) mass is 348 g/mol. The molecule has 132 valence electrons. The third-order valence-corrected chi connectivity index (χ3v) is 5.08. The number of rotatable bonds is 3. The van der Waals surface area contributed by atoms with Gasteiger partial charge in [0.15, 0.2) is 0 Å². The maximum Gasteiger partial charge on any atom is 0.255 e. The molecule has 1 spiro atoms. The summed E-state index contributed by atoms with van der Waals surface area (Å²) in [5.74, 6) is 0.0108. The Labute approximate surface area is 152 Å². The van der Waals surface area contributed by atoms with Gasteiger partial charge in [0.05, 0.1) is 42.0 Å². The molecule has 0 unspecified atom stereocenters. The summed E-state index contributed by atoms with van der Waals surface area (Å²) in [6.45, 7) is 1.91. The number of likely N-dealkylation sites (tertiary alicyclic amines) is 1. The van der Waals surface area contributed by atoms with Gasteiger partial charge in [-0.05, 0) is 36.8 Å². The molecule has 0 saturated carbocycles. The van der Waals surface area contributed by atoms with Crippen molar-refractivity contribution in [1.82, 2.24) is 9.88 Å². The SMILES string of the molecule is N#Cc1cccc(N[C@@H]2CO[C@]3(CCN(C(=O)c4cccnc4)C3)C2)c1. The van der Waals surface area contributed by atoms with E-state index in [-0.39, 0.29) is 17.6 Å². The number of carbonyl (C=O) groups is 1. The van der Waals surface area contributed by atoms with Gasteiger partial charge in [0.25, 0.3) is 5.91 Å². The number of hydrogen-bond donors (Lipinski definition) is 1. The predicted molar refractivity (Wildman–Crippen MR) is 96.6 cm³/mol. The van der Waals surface area contributed by atoms with Gasteiger partial charge in [0.1, 0.15) is 0 Å². The fraction of sp³-hybridized carbons (Fsp3) is 0.350. The lowest BCUT2D eigenvalue weighted by Crippen LogP contribution is -2.36. The summed E-state index contributed by atoms with van der Waals surface area (Å²) in [5, 5.41) is 12.5. The Kier molecular flexibility index (Phi) is 4.31. The number of aromatic nitrogens is 1. The van der Waals surface area contributed by atoms with Gasteiger partial charge in [-0.25, -0.2) is 0 Å². The summed E-state index contributed by atoms with van der Waals surface area (Å²) < 4.78 is 6.12. The van der Waals surface area contributed by atoms with Crippen LogP contribution in [-0.4, -0.2) is 47.1 Å². The molecule has 2 fully saturated rings. The van der Waals surface area contributed by atoms with E-state index in [1.165, 1.54) is 0 Å². The highest BCUT2D eigenvalue weighted by Gasteiger charge is 2.46. The van der Waals surface area contributed by atoms with E-state index in [1.807, 2.05) is 23.1 Å². The number of hydrogen-bond acceptors (Lipinski definition) is 5. The van der Waals surface area contributed by atoms with E-state index in [9.17, 15) is 4.79 Å². The van der Waals surface area contributed by atoms with Crippen molar-refractivity contribution in [2.24, 2.45) is 0 Å². The number of pyridine rings is 1. The quantitative estimate of drug-likeness (QED) is 0.922. The minimum atomic E-state index is -0.275. The van der Waals surface area contributed by atoms with E-state index in [0.717, 1.165) is 18.5 Å². The van der Waals surface area contributed by atoms with Crippen LogP contribution in [0.2, 0.25) is 0 Å². The molecule has 2 saturated heterocycles. The first-order valence-electron chi connectivity index (χ1n) is 8.77. The van der Waals surface area contributed by atoms with E-state index in [1.54, 1.807) is 30.6 Å². The largest absolute Gasteiger partial charge is 0.380 e. The molecule has 4 rings (SSSR count). The number of carbonyl (C=O) groups excluding carboxylic acids is 1. The van der Waals surface area contributed by atoms with Gasteiger partial charge in [-0.1, -0.05) is 6.07 Å². The van der Waals surface area contributed by atoms with Crippen LogP contribution in [-0.2, 0) is 4.74 Å². The van der Waals surface area contributed by atoms with Gasteiger partial charge in [-0.2, -0.15) is 5.26 Å². The van der Waals surface area contributed by atoms with Crippen LogP contribution in [0.15, 0.2) is 48.8 Å². The van der Waals surface area contributed by atoms with E-state index in [0.29, 0.717) is 30.8 Å². The van der Waals surface area contributed by atoms with Gasteiger partial charge >= 0.3 is 0 Å². The molecular formula is C20H20N4O2. The summed E-state index contributed by atoms with van der Waals surface area (Å²) >= 11 is 0. The lowest BCUT2D eigenvalue weighted by atomic mass is 9.97. The van der Waals surface area contributed by atoms with Crippen LogP contribution in [0.5, 0.6) is 0 Å². The Morgan fingerprint density at radius 3 is 3.12 bits per heavy atom. The standard InChI is InChI=1S/C20H20N4O2/c21-11-15-3-1-5-17(9-15)23-18-10-20(26-13-18)6-8-24(14-20)19(25)16-4-2-7-22-12-16/h1-5,7,9,12,18,23H,6,8,10,13-14H2/t18-,20+/m0/s1.